The highest BCUT2D eigenvalue weighted by Crippen LogP contribution is 2.17. The summed E-state index contributed by atoms with van der Waals surface area (Å²) < 4.78 is 0. The molecule has 1 aliphatic heterocycles. The highest BCUT2D eigenvalue weighted by Gasteiger charge is 2.37. The molecule has 2 amide bonds. The van der Waals surface area contributed by atoms with Crippen molar-refractivity contribution in [3.8, 4) is 0 Å². The molecule has 0 aromatic carbocycles. The molecular weight excluding hydrogens is 228 g/mol. The van der Waals surface area contributed by atoms with Gasteiger partial charge in [0.2, 0.25) is 11.8 Å². The van der Waals surface area contributed by atoms with Crippen LogP contribution in [0.1, 0.15) is 47.0 Å². The maximum atomic E-state index is 11.9. The minimum Gasteiger partial charge on any atom is -0.303 e. The van der Waals surface area contributed by atoms with E-state index in [0.717, 1.165) is 12.8 Å². The van der Waals surface area contributed by atoms with Crippen LogP contribution in [0.5, 0.6) is 0 Å². The van der Waals surface area contributed by atoms with Crippen LogP contribution in [0.3, 0.4) is 0 Å². The van der Waals surface area contributed by atoms with Gasteiger partial charge in [-0.15, -0.1) is 0 Å². The summed E-state index contributed by atoms with van der Waals surface area (Å²) in [6.07, 6.45) is 2.39. The molecule has 1 unspecified atom stereocenters. The first-order chi connectivity index (χ1) is 8.31. The minimum atomic E-state index is -0.315. The third-order valence-electron chi connectivity index (χ3n) is 3.33. The molecule has 1 heterocycles. The van der Waals surface area contributed by atoms with E-state index in [1.54, 1.807) is 7.05 Å². The lowest BCUT2D eigenvalue weighted by atomic mass is 9.95. The Morgan fingerprint density at radius 1 is 1.17 bits per heavy atom. The fourth-order valence-electron chi connectivity index (χ4n) is 2.54. The standard InChI is InChI=1S/C14H26N2O2/c1-9(2)6-11(7-10(3)4)15-12-8-13(17)16(5)14(12)18/h9-12,15H,6-8H2,1-5H3. The van der Waals surface area contributed by atoms with E-state index in [4.69, 9.17) is 0 Å². The largest absolute Gasteiger partial charge is 0.303 e. The number of carbonyl (C=O) groups excluding carboxylic acids is 2. The lowest BCUT2D eigenvalue weighted by molar-refractivity contribution is -0.137. The average molecular weight is 254 g/mol. The minimum absolute atomic E-state index is 0.0784. The summed E-state index contributed by atoms with van der Waals surface area (Å²) in [5.41, 5.74) is 0. The van der Waals surface area contributed by atoms with Gasteiger partial charge in [-0.25, -0.2) is 0 Å². The Morgan fingerprint density at radius 3 is 2.00 bits per heavy atom. The smallest absolute Gasteiger partial charge is 0.246 e. The number of likely N-dealkylation sites (tertiary alicyclic amines) is 1. The van der Waals surface area contributed by atoms with Crippen LogP contribution in [0.2, 0.25) is 0 Å². The summed E-state index contributed by atoms with van der Waals surface area (Å²) in [4.78, 5) is 24.6. The summed E-state index contributed by atoms with van der Waals surface area (Å²) in [6, 6.07) is 0.00301. The maximum absolute atomic E-state index is 11.9. The highest BCUT2D eigenvalue weighted by molar-refractivity contribution is 6.05. The molecule has 1 rings (SSSR count). The van der Waals surface area contributed by atoms with E-state index in [9.17, 15) is 9.59 Å². The van der Waals surface area contributed by atoms with Crippen molar-refractivity contribution in [3.05, 3.63) is 0 Å². The lowest BCUT2D eigenvalue weighted by Crippen LogP contribution is -2.44. The number of carbonyl (C=O) groups is 2. The molecule has 18 heavy (non-hydrogen) atoms. The van der Waals surface area contributed by atoms with Crippen molar-refractivity contribution in [1.82, 2.24) is 10.2 Å². The molecule has 104 valence electrons. The molecule has 0 aromatic rings. The van der Waals surface area contributed by atoms with E-state index in [-0.39, 0.29) is 17.9 Å². The predicted molar refractivity (Wildman–Crippen MR) is 72.0 cm³/mol. The summed E-state index contributed by atoms with van der Waals surface area (Å²) in [7, 11) is 1.56. The molecule has 0 radical (unpaired) electrons. The first-order valence-electron chi connectivity index (χ1n) is 6.87. The monoisotopic (exact) mass is 254 g/mol. The van der Waals surface area contributed by atoms with Gasteiger partial charge in [-0.2, -0.15) is 0 Å². The summed E-state index contributed by atoms with van der Waals surface area (Å²) in [5.74, 6) is 1.01. The molecule has 1 fully saturated rings. The number of nitrogens with zero attached hydrogens (tertiary/aromatic N) is 1. The first kappa shape index (κ1) is 15.2. The van der Waals surface area contributed by atoms with Crippen LogP contribution >= 0.6 is 0 Å². The Kier molecular flexibility index (Phi) is 5.32. The lowest BCUT2D eigenvalue weighted by Gasteiger charge is -2.25. The van der Waals surface area contributed by atoms with Gasteiger partial charge < -0.3 is 5.32 Å². The van der Waals surface area contributed by atoms with Crippen molar-refractivity contribution in [3.63, 3.8) is 0 Å². The van der Waals surface area contributed by atoms with Crippen molar-refractivity contribution in [2.24, 2.45) is 11.8 Å². The molecule has 4 nitrogen and oxygen atoms in total. The van der Waals surface area contributed by atoms with E-state index in [2.05, 4.69) is 33.0 Å². The third-order valence-corrected chi connectivity index (χ3v) is 3.33. The van der Waals surface area contributed by atoms with Crippen molar-refractivity contribution < 1.29 is 9.59 Å². The van der Waals surface area contributed by atoms with Crippen molar-refractivity contribution in [1.29, 1.82) is 0 Å². The SMILES string of the molecule is CC(C)CC(CC(C)C)NC1CC(=O)N(C)C1=O. The zero-order valence-electron chi connectivity index (χ0n) is 12.2. The van der Waals surface area contributed by atoms with Gasteiger partial charge >= 0.3 is 0 Å². The van der Waals surface area contributed by atoms with Crippen LogP contribution in [0, 0.1) is 11.8 Å². The van der Waals surface area contributed by atoms with Gasteiger partial charge in [0, 0.05) is 13.1 Å². The molecule has 1 atom stereocenters. The highest BCUT2D eigenvalue weighted by atomic mass is 16.2. The Morgan fingerprint density at radius 2 is 1.67 bits per heavy atom. The molecule has 0 spiro atoms. The predicted octanol–water partition coefficient (Wildman–Crippen LogP) is 1.79. The van der Waals surface area contributed by atoms with Crippen LogP contribution in [0.15, 0.2) is 0 Å². The van der Waals surface area contributed by atoms with Gasteiger partial charge in [0.15, 0.2) is 0 Å². The van der Waals surface area contributed by atoms with E-state index < -0.39 is 0 Å². The summed E-state index contributed by atoms with van der Waals surface area (Å²) in [6.45, 7) is 8.73. The van der Waals surface area contributed by atoms with Crippen LogP contribution in [-0.2, 0) is 9.59 Å². The van der Waals surface area contributed by atoms with Crippen LogP contribution in [0.4, 0.5) is 0 Å². The Labute approximate surface area is 110 Å². The van der Waals surface area contributed by atoms with E-state index in [1.165, 1.54) is 4.90 Å². The first-order valence-corrected chi connectivity index (χ1v) is 6.87. The molecule has 0 saturated carbocycles. The number of rotatable bonds is 6. The van der Waals surface area contributed by atoms with E-state index >= 15 is 0 Å². The topological polar surface area (TPSA) is 49.4 Å². The second kappa shape index (κ2) is 6.32. The van der Waals surface area contributed by atoms with E-state index in [1.807, 2.05) is 0 Å². The molecule has 0 aliphatic carbocycles. The molecule has 1 saturated heterocycles. The second-order valence-electron chi connectivity index (χ2n) is 6.17. The number of imide groups is 1. The van der Waals surface area contributed by atoms with Crippen molar-refractivity contribution in [2.45, 2.75) is 59.0 Å². The van der Waals surface area contributed by atoms with Gasteiger partial charge in [0.25, 0.3) is 0 Å². The van der Waals surface area contributed by atoms with Gasteiger partial charge in [-0.3, -0.25) is 14.5 Å². The number of hydrogen-bond donors (Lipinski definition) is 1. The fourth-order valence-corrected chi connectivity index (χ4v) is 2.54. The fraction of sp³-hybridized carbons (Fsp3) is 0.857. The zero-order chi connectivity index (χ0) is 13.9. The number of hydrogen-bond acceptors (Lipinski definition) is 3. The number of nitrogens with one attached hydrogen (secondary N) is 1. The van der Waals surface area contributed by atoms with Crippen molar-refractivity contribution in [2.75, 3.05) is 7.05 Å². The molecule has 4 heteroatoms. The Hall–Kier alpha value is -0.900. The number of amides is 2. The van der Waals surface area contributed by atoms with E-state index in [0.29, 0.717) is 24.3 Å². The molecule has 0 aromatic heterocycles. The summed E-state index contributed by atoms with van der Waals surface area (Å²) in [5, 5.41) is 3.38. The van der Waals surface area contributed by atoms with Gasteiger partial charge in [0.1, 0.15) is 0 Å². The maximum Gasteiger partial charge on any atom is 0.246 e. The van der Waals surface area contributed by atoms with Crippen LogP contribution < -0.4 is 5.32 Å². The summed E-state index contributed by atoms with van der Waals surface area (Å²) >= 11 is 0. The van der Waals surface area contributed by atoms with Crippen molar-refractivity contribution >= 4 is 11.8 Å². The Bertz CT molecular complexity index is 303. The molecule has 0 bridgehead atoms. The molecule has 1 aliphatic rings. The zero-order valence-corrected chi connectivity index (χ0v) is 12.2. The van der Waals surface area contributed by atoms with Gasteiger partial charge in [0.05, 0.1) is 12.5 Å². The third kappa shape index (κ3) is 4.09. The van der Waals surface area contributed by atoms with Crippen LogP contribution in [0.25, 0.3) is 0 Å². The quantitative estimate of drug-likeness (QED) is 0.735. The second-order valence-corrected chi connectivity index (χ2v) is 6.17. The normalized spacial score (nSPS) is 20.9. The average Bonchev–Trinajstić information content (AvgIpc) is 2.44. The van der Waals surface area contributed by atoms with Crippen LogP contribution in [-0.4, -0.2) is 35.8 Å². The molecule has 1 N–H and O–H groups in total. The number of likely N-dealkylation sites (N-methyl/N-ethyl adjacent to an activating group) is 1. The van der Waals surface area contributed by atoms with Gasteiger partial charge in [-0.1, -0.05) is 27.7 Å². The Balaban J connectivity index is 2.60. The molecular formula is C14H26N2O2. The van der Waals surface area contributed by atoms with Gasteiger partial charge in [-0.05, 0) is 24.7 Å².